The predicted octanol–water partition coefficient (Wildman–Crippen LogP) is -1.43. The minimum atomic E-state index is -2.91. The van der Waals surface area contributed by atoms with Crippen LogP contribution in [0.2, 0.25) is 0 Å². The maximum atomic E-state index is 10.8. The molecule has 1 heterocycles. The summed E-state index contributed by atoms with van der Waals surface area (Å²) in [5, 5.41) is 10.8. The van der Waals surface area contributed by atoms with Gasteiger partial charge in [0.05, 0.1) is 12.3 Å². The fourth-order valence-electron chi connectivity index (χ4n) is 1.02. The number of hydrogen-bond acceptors (Lipinski definition) is 6. The van der Waals surface area contributed by atoms with Gasteiger partial charge in [-0.15, -0.1) is 5.10 Å². The van der Waals surface area contributed by atoms with E-state index in [4.69, 9.17) is 5.73 Å². The summed E-state index contributed by atoms with van der Waals surface area (Å²) in [6.07, 6.45) is 1.70. The number of aromatic nitrogens is 4. The molecule has 0 bridgehead atoms. The number of nitrogens with two attached hydrogens (primary N) is 1. The largest absolute Gasteiger partial charge is 0.324 e. The highest BCUT2D eigenvalue weighted by Gasteiger charge is 2.05. The molecule has 14 heavy (non-hydrogen) atoms. The predicted molar refractivity (Wildman–Crippen MR) is 50.0 cm³/mol. The SMILES string of the molecule is CS(=O)(=O)CCCn1nnnc1CN. The molecule has 1 aromatic rings. The molecular formula is C6H13N5O2S. The van der Waals surface area contributed by atoms with Crippen molar-refractivity contribution in [2.75, 3.05) is 12.0 Å². The topological polar surface area (TPSA) is 104 Å². The van der Waals surface area contributed by atoms with E-state index in [1.165, 1.54) is 10.9 Å². The van der Waals surface area contributed by atoms with E-state index in [0.717, 1.165) is 0 Å². The molecule has 0 saturated heterocycles. The summed E-state index contributed by atoms with van der Waals surface area (Å²) in [4.78, 5) is 0. The van der Waals surface area contributed by atoms with Crippen molar-refractivity contribution in [1.29, 1.82) is 0 Å². The summed E-state index contributed by atoms with van der Waals surface area (Å²) in [5.74, 6) is 0.704. The molecule has 8 heteroatoms. The minimum absolute atomic E-state index is 0.136. The maximum Gasteiger partial charge on any atom is 0.164 e. The van der Waals surface area contributed by atoms with Gasteiger partial charge in [-0.25, -0.2) is 13.1 Å². The Morgan fingerprint density at radius 3 is 2.79 bits per heavy atom. The number of nitrogens with zero attached hydrogens (tertiary/aromatic N) is 4. The lowest BCUT2D eigenvalue weighted by atomic mass is 10.5. The van der Waals surface area contributed by atoms with Crippen LogP contribution >= 0.6 is 0 Å². The number of sulfone groups is 1. The number of tetrazole rings is 1. The molecule has 1 rings (SSSR count). The van der Waals surface area contributed by atoms with Crippen LogP contribution in [0.1, 0.15) is 12.2 Å². The number of rotatable bonds is 5. The van der Waals surface area contributed by atoms with Crippen molar-refractivity contribution in [3.05, 3.63) is 5.82 Å². The Kier molecular flexibility index (Phi) is 3.53. The zero-order valence-corrected chi connectivity index (χ0v) is 8.74. The third kappa shape index (κ3) is 3.38. The second-order valence-electron chi connectivity index (χ2n) is 3.01. The van der Waals surface area contributed by atoms with Crippen molar-refractivity contribution in [2.45, 2.75) is 19.5 Å². The first-order valence-corrected chi connectivity index (χ1v) is 6.22. The van der Waals surface area contributed by atoms with Crippen LogP contribution in [0.15, 0.2) is 0 Å². The molecule has 0 unspecified atom stereocenters. The van der Waals surface area contributed by atoms with Crippen LogP contribution in [0.5, 0.6) is 0 Å². The standard InChI is InChI=1S/C6H13N5O2S/c1-14(12,13)4-2-3-11-6(5-7)8-9-10-11/h2-5,7H2,1H3. The lowest BCUT2D eigenvalue weighted by Gasteiger charge is -2.01. The van der Waals surface area contributed by atoms with E-state index in [2.05, 4.69) is 15.5 Å². The lowest BCUT2D eigenvalue weighted by Crippen LogP contribution is -2.13. The average molecular weight is 219 g/mol. The fourth-order valence-corrected chi connectivity index (χ4v) is 1.67. The lowest BCUT2D eigenvalue weighted by molar-refractivity contribution is 0.547. The summed E-state index contributed by atoms with van der Waals surface area (Å²) in [7, 11) is -2.91. The second-order valence-corrected chi connectivity index (χ2v) is 5.27. The molecule has 0 amide bonds. The zero-order valence-electron chi connectivity index (χ0n) is 7.92. The highest BCUT2D eigenvalue weighted by atomic mass is 32.2. The van der Waals surface area contributed by atoms with Crippen molar-refractivity contribution in [1.82, 2.24) is 20.2 Å². The highest BCUT2D eigenvalue weighted by Crippen LogP contribution is 1.95. The molecule has 80 valence electrons. The fraction of sp³-hybridized carbons (Fsp3) is 0.833. The van der Waals surface area contributed by atoms with Gasteiger partial charge in [0, 0.05) is 12.8 Å². The number of aryl methyl sites for hydroxylation is 1. The van der Waals surface area contributed by atoms with Crippen molar-refractivity contribution in [2.24, 2.45) is 5.73 Å². The molecule has 0 aliphatic heterocycles. The Hall–Kier alpha value is -1.02. The molecule has 0 aromatic carbocycles. The third-order valence-electron chi connectivity index (χ3n) is 1.67. The quantitative estimate of drug-likeness (QED) is 0.651. The van der Waals surface area contributed by atoms with E-state index in [-0.39, 0.29) is 12.3 Å². The van der Waals surface area contributed by atoms with Crippen molar-refractivity contribution < 1.29 is 8.42 Å². The molecule has 1 aromatic heterocycles. The van der Waals surface area contributed by atoms with Crippen LogP contribution in [-0.4, -0.2) is 40.6 Å². The molecule has 0 radical (unpaired) electrons. The Morgan fingerprint density at radius 2 is 2.21 bits per heavy atom. The van der Waals surface area contributed by atoms with E-state index < -0.39 is 9.84 Å². The van der Waals surface area contributed by atoms with Gasteiger partial charge in [-0.1, -0.05) is 0 Å². The van der Waals surface area contributed by atoms with Crippen LogP contribution in [0, 0.1) is 0 Å². The van der Waals surface area contributed by atoms with Gasteiger partial charge in [-0.3, -0.25) is 0 Å². The van der Waals surface area contributed by atoms with Gasteiger partial charge in [0.2, 0.25) is 0 Å². The van der Waals surface area contributed by atoms with Gasteiger partial charge >= 0.3 is 0 Å². The van der Waals surface area contributed by atoms with Crippen LogP contribution in [0.3, 0.4) is 0 Å². The van der Waals surface area contributed by atoms with Crippen LogP contribution in [0.4, 0.5) is 0 Å². The molecule has 0 saturated carbocycles. The van der Waals surface area contributed by atoms with Gasteiger partial charge in [-0.2, -0.15) is 0 Å². The molecule has 0 spiro atoms. The maximum absolute atomic E-state index is 10.8. The van der Waals surface area contributed by atoms with Crippen molar-refractivity contribution in [3.63, 3.8) is 0 Å². The highest BCUT2D eigenvalue weighted by molar-refractivity contribution is 7.90. The molecule has 0 fully saturated rings. The monoisotopic (exact) mass is 219 g/mol. The first-order chi connectivity index (χ1) is 6.53. The van der Waals surface area contributed by atoms with E-state index in [1.54, 1.807) is 0 Å². The van der Waals surface area contributed by atoms with Gasteiger partial charge in [0.25, 0.3) is 0 Å². The Bertz CT molecular complexity index is 385. The summed E-state index contributed by atoms with van der Waals surface area (Å²) in [5.41, 5.74) is 5.37. The van der Waals surface area contributed by atoms with Crippen molar-refractivity contribution in [3.8, 4) is 0 Å². The third-order valence-corrected chi connectivity index (χ3v) is 2.70. The summed E-state index contributed by atoms with van der Waals surface area (Å²) in [6, 6.07) is 0. The molecule has 0 aliphatic rings. The molecule has 0 aliphatic carbocycles. The Morgan fingerprint density at radius 1 is 1.50 bits per heavy atom. The molecule has 2 N–H and O–H groups in total. The summed E-state index contributed by atoms with van der Waals surface area (Å²) < 4.78 is 23.2. The van der Waals surface area contributed by atoms with E-state index in [1.807, 2.05) is 0 Å². The van der Waals surface area contributed by atoms with Crippen LogP contribution in [-0.2, 0) is 22.9 Å². The molecule has 0 atom stereocenters. The minimum Gasteiger partial charge on any atom is -0.324 e. The molecule has 7 nitrogen and oxygen atoms in total. The molecular weight excluding hydrogens is 206 g/mol. The van der Waals surface area contributed by atoms with Gasteiger partial charge < -0.3 is 5.73 Å². The number of hydrogen-bond donors (Lipinski definition) is 1. The first-order valence-electron chi connectivity index (χ1n) is 4.16. The van der Waals surface area contributed by atoms with Crippen LogP contribution in [0.25, 0.3) is 0 Å². The van der Waals surface area contributed by atoms with Gasteiger partial charge in [0.15, 0.2) is 5.82 Å². The summed E-state index contributed by atoms with van der Waals surface area (Å²) in [6.45, 7) is 0.735. The first kappa shape index (κ1) is 11.1. The smallest absolute Gasteiger partial charge is 0.164 e. The second kappa shape index (κ2) is 4.47. The Labute approximate surface area is 82.2 Å². The van der Waals surface area contributed by atoms with E-state index >= 15 is 0 Å². The van der Waals surface area contributed by atoms with Crippen molar-refractivity contribution >= 4 is 9.84 Å². The van der Waals surface area contributed by atoms with E-state index in [0.29, 0.717) is 18.8 Å². The van der Waals surface area contributed by atoms with Gasteiger partial charge in [0.1, 0.15) is 9.84 Å². The summed E-state index contributed by atoms with van der Waals surface area (Å²) >= 11 is 0. The zero-order chi connectivity index (χ0) is 10.6. The van der Waals surface area contributed by atoms with E-state index in [9.17, 15) is 8.42 Å². The normalized spacial score (nSPS) is 11.9. The Balaban J connectivity index is 2.46. The van der Waals surface area contributed by atoms with Crippen LogP contribution < -0.4 is 5.73 Å². The van der Waals surface area contributed by atoms with Gasteiger partial charge in [-0.05, 0) is 16.8 Å². The average Bonchev–Trinajstić information content (AvgIpc) is 2.49.